The Hall–Kier alpha value is -2.67. The minimum Gasteiger partial charge on any atom is -0.444 e. The van der Waals surface area contributed by atoms with Crippen LogP contribution in [0.15, 0.2) is 63.9 Å². The maximum absolute atomic E-state index is 12.0. The molecule has 0 unspecified atom stereocenters. The standard InChI is InChI=1S/C15H10BrN3O3/c16-13-6-5-12(22-13)14(20)19-10-3-1-4-11(9-10)21-15-17-7-2-8-18-15/h1-9H,(H,19,20). The van der Waals surface area contributed by atoms with Crippen LogP contribution >= 0.6 is 15.9 Å². The van der Waals surface area contributed by atoms with Gasteiger partial charge in [0.1, 0.15) is 5.75 Å². The second-order valence-corrected chi connectivity index (χ2v) is 5.00. The minimum absolute atomic E-state index is 0.213. The second kappa shape index (κ2) is 6.40. The molecule has 1 N–H and O–H groups in total. The molecule has 0 saturated heterocycles. The van der Waals surface area contributed by atoms with Gasteiger partial charge in [-0.2, -0.15) is 0 Å². The first kappa shape index (κ1) is 14.3. The molecule has 1 aromatic carbocycles. The van der Waals surface area contributed by atoms with Crippen molar-refractivity contribution >= 4 is 27.5 Å². The van der Waals surface area contributed by atoms with E-state index in [9.17, 15) is 4.79 Å². The number of anilines is 1. The summed E-state index contributed by atoms with van der Waals surface area (Å²) < 4.78 is 11.2. The zero-order chi connectivity index (χ0) is 15.4. The van der Waals surface area contributed by atoms with E-state index < -0.39 is 0 Å². The summed E-state index contributed by atoms with van der Waals surface area (Å²) in [5, 5.41) is 2.72. The smallest absolute Gasteiger partial charge is 0.321 e. The van der Waals surface area contributed by atoms with Gasteiger partial charge in [-0.3, -0.25) is 4.79 Å². The number of carbonyl (C=O) groups is 1. The predicted molar refractivity (Wildman–Crippen MR) is 82.9 cm³/mol. The average Bonchev–Trinajstić information content (AvgIpc) is 2.95. The molecule has 0 bridgehead atoms. The fourth-order valence-electron chi connectivity index (χ4n) is 1.71. The van der Waals surface area contributed by atoms with E-state index in [2.05, 4.69) is 31.2 Å². The SMILES string of the molecule is O=C(Nc1cccc(Oc2ncccn2)c1)c1ccc(Br)o1. The lowest BCUT2D eigenvalue weighted by Gasteiger charge is -2.06. The van der Waals surface area contributed by atoms with Gasteiger partial charge in [0.25, 0.3) is 5.91 Å². The summed E-state index contributed by atoms with van der Waals surface area (Å²) in [5.41, 5.74) is 0.575. The second-order valence-electron chi connectivity index (χ2n) is 4.22. The molecule has 0 radical (unpaired) electrons. The van der Waals surface area contributed by atoms with Gasteiger partial charge in [0.05, 0.1) is 0 Å². The van der Waals surface area contributed by atoms with Crippen molar-refractivity contribution in [2.24, 2.45) is 0 Å². The Morgan fingerprint density at radius 2 is 1.95 bits per heavy atom. The van der Waals surface area contributed by atoms with Crippen LogP contribution in [0.25, 0.3) is 0 Å². The molecular weight excluding hydrogens is 350 g/mol. The number of nitrogens with one attached hydrogen (secondary N) is 1. The quantitative estimate of drug-likeness (QED) is 0.764. The van der Waals surface area contributed by atoms with E-state index in [1.54, 1.807) is 54.9 Å². The van der Waals surface area contributed by atoms with Crippen molar-refractivity contribution in [2.45, 2.75) is 0 Å². The van der Waals surface area contributed by atoms with Crippen molar-refractivity contribution < 1.29 is 13.9 Å². The molecule has 2 aromatic heterocycles. The molecule has 110 valence electrons. The molecule has 0 atom stereocenters. The molecule has 6 nitrogen and oxygen atoms in total. The summed E-state index contributed by atoms with van der Waals surface area (Å²) in [5.74, 6) is 0.382. The lowest BCUT2D eigenvalue weighted by Crippen LogP contribution is -2.10. The number of ether oxygens (including phenoxy) is 1. The molecule has 3 aromatic rings. The van der Waals surface area contributed by atoms with Crippen molar-refractivity contribution in [3.63, 3.8) is 0 Å². The molecule has 3 rings (SSSR count). The van der Waals surface area contributed by atoms with E-state index in [0.29, 0.717) is 16.1 Å². The number of benzene rings is 1. The zero-order valence-electron chi connectivity index (χ0n) is 11.2. The van der Waals surface area contributed by atoms with E-state index in [0.717, 1.165) is 0 Å². The van der Waals surface area contributed by atoms with Crippen molar-refractivity contribution in [1.29, 1.82) is 0 Å². The Morgan fingerprint density at radius 3 is 2.68 bits per heavy atom. The van der Waals surface area contributed by atoms with Crippen molar-refractivity contribution in [2.75, 3.05) is 5.32 Å². The maximum Gasteiger partial charge on any atom is 0.321 e. The summed E-state index contributed by atoms with van der Waals surface area (Å²) >= 11 is 3.15. The van der Waals surface area contributed by atoms with Gasteiger partial charge < -0.3 is 14.5 Å². The van der Waals surface area contributed by atoms with Gasteiger partial charge in [0.15, 0.2) is 10.4 Å². The molecule has 0 fully saturated rings. The lowest BCUT2D eigenvalue weighted by molar-refractivity contribution is 0.0995. The highest BCUT2D eigenvalue weighted by molar-refractivity contribution is 9.10. The number of halogens is 1. The highest BCUT2D eigenvalue weighted by atomic mass is 79.9. The first-order chi connectivity index (χ1) is 10.7. The number of hydrogen-bond acceptors (Lipinski definition) is 5. The predicted octanol–water partition coefficient (Wildman–Crippen LogP) is 3.88. The first-order valence-corrected chi connectivity index (χ1v) is 7.11. The van der Waals surface area contributed by atoms with Crippen LogP contribution in [-0.4, -0.2) is 15.9 Å². The third-order valence-corrected chi connectivity index (χ3v) is 3.07. The number of hydrogen-bond donors (Lipinski definition) is 1. The van der Waals surface area contributed by atoms with Crippen LogP contribution in [0, 0.1) is 0 Å². The van der Waals surface area contributed by atoms with Gasteiger partial charge in [-0.1, -0.05) is 6.07 Å². The summed E-state index contributed by atoms with van der Waals surface area (Å²) in [6, 6.07) is 12.1. The number of amides is 1. The van der Waals surface area contributed by atoms with Crippen LogP contribution in [0.2, 0.25) is 0 Å². The van der Waals surface area contributed by atoms with Crippen molar-refractivity contribution in [3.05, 3.63) is 65.3 Å². The highest BCUT2D eigenvalue weighted by Gasteiger charge is 2.11. The fraction of sp³-hybridized carbons (Fsp3) is 0. The van der Waals surface area contributed by atoms with E-state index in [4.69, 9.17) is 9.15 Å². The Morgan fingerprint density at radius 1 is 1.14 bits per heavy atom. The minimum atomic E-state index is -0.348. The number of carbonyl (C=O) groups excluding carboxylic acids is 1. The summed E-state index contributed by atoms with van der Waals surface area (Å²) in [6.45, 7) is 0. The zero-order valence-corrected chi connectivity index (χ0v) is 12.8. The molecule has 1 amide bonds. The third-order valence-electron chi connectivity index (χ3n) is 2.64. The maximum atomic E-state index is 12.0. The number of furan rings is 1. The molecule has 0 aliphatic heterocycles. The van der Waals surface area contributed by atoms with Crippen molar-refractivity contribution in [1.82, 2.24) is 9.97 Å². The topological polar surface area (TPSA) is 77.2 Å². The molecule has 2 heterocycles. The van der Waals surface area contributed by atoms with Gasteiger partial charge in [-0.25, -0.2) is 9.97 Å². The van der Waals surface area contributed by atoms with E-state index in [1.165, 1.54) is 0 Å². The molecular formula is C15H10BrN3O3. The average molecular weight is 360 g/mol. The number of rotatable bonds is 4. The Labute approximate surface area is 134 Å². The van der Waals surface area contributed by atoms with Crippen LogP contribution in [0.3, 0.4) is 0 Å². The Kier molecular flexibility index (Phi) is 4.15. The Bertz CT molecular complexity index is 789. The van der Waals surface area contributed by atoms with E-state index in [1.807, 2.05) is 0 Å². The highest BCUT2D eigenvalue weighted by Crippen LogP contribution is 2.22. The molecule has 0 aliphatic rings. The summed E-state index contributed by atoms with van der Waals surface area (Å²) in [7, 11) is 0. The molecule has 0 saturated carbocycles. The van der Waals surface area contributed by atoms with Crippen LogP contribution in [0.4, 0.5) is 5.69 Å². The van der Waals surface area contributed by atoms with Gasteiger partial charge in [0, 0.05) is 24.1 Å². The monoisotopic (exact) mass is 359 g/mol. The fourth-order valence-corrected chi connectivity index (χ4v) is 2.02. The van der Waals surface area contributed by atoms with Gasteiger partial charge in [-0.15, -0.1) is 0 Å². The molecule has 22 heavy (non-hydrogen) atoms. The van der Waals surface area contributed by atoms with Gasteiger partial charge >= 0.3 is 6.01 Å². The third kappa shape index (κ3) is 3.50. The van der Waals surface area contributed by atoms with Crippen LogP contribution in [0.1, 0.15) is 10.6 Å². The van der Waals surface area contributed by atoms with Crippen molar-refractivity contribution in [3.8, 4) is 11.8 Å². The molecule has 0 spiro atoms. The molecule has 7 heteroatoms. The Balaban J connectivity index is 1.72. The lowest BCUT2D eigenvalue weighted by atomic mass is 10.3. The van der Waals surface area contributed by atoms with Gasteiger partial charge in [-0.05, 0) is 46.3 Å². The molecule has 0 aliphatic carbocycles. The van der Waals surface area contributed by atoms with Crippen LogP contribution in [-0.2, 0) is 0 Å². The normalized spacial score (nSPS) is 10.2. The first-order valence-electron chi connectivity index (χ1n) is 6.32. The van der Waals surface area contributed by atoms with Crippen LogP contribution < -0.4 is 10.1 Å². The number of aromatic nitrogens is 2. The van der Waals surface area contributed by atoms with Crippen LogP contribution in [0.5, 0.6) is 11.8 Å². The summed E-state index contributed by atoms with van der Waals surface area (Å²) in [6.07, 6.45) is 3.17. The largest absolute Gasteiger partial charge is 0.444 e. The van der Waals surface area contributed by atoms with Gasteiger partial charge in [0.2, 0.25) is 0 Å². The van der Waals surface area contributed by atoms with E-state index in [-0.39, 0.29) is 17.7 Å². The van der Waals surface area contributed by atoms with E-state index >= 15 is 0 Å². The summed E-state index contributed by atoms with van der Waals surface area (Å²) in [4.78, 5) is 20.0. The number of nitrogens with zero attached hydrogens (tertiary/aromatic N) is 2.